The lowest BCUT2D eigenvalue weighted by molar-refractivity contribution is -0.384. The van der Waals surface area contributed by atoms with E-state index < -0.39 is 27.9 Å². The Balaban J connectivity index is 1.97. The molecule has 0 unspecified atom stereocenters. The zero-order valence-corrected chi connectivity index (χ0v) is 15.3. The minimum atomic E-state index is -0.766. The molecule has 0 spiro atoms. The second-order valence-electron chi connectivity index (χ2n) is 6.26. The molecule has 148 valence electrons. The van der Waals surface area contributed by atoms with Crippen molar-refractivity contribution in [3.05, 3.63) is 98.7 Å². The number of aromatic hydroxyl groups is 1. The second kappa shape index (κ2) is 7.55. The van der Waals surface area contributed by atoms with Crippen LogP contribution in [0.4, 0.5) is 15.8 Å². The summed E-state index contributed by atoms with van der Waals surface area (Å²) in [6.45, 7) is 0. The van der Waals surface area contributed by atoms with E-state index >= 15 is 0 Å². The van der Waals surface area contributed by atoms with E-state index in [0.29, 0.717) is 10.8 Å². The van der Waals surface area contributed by atoms with Gasteiger partial charge in [0, 0.05) is 23.2 Å². The summed E-state index contributed by atoms with van der Waals surface area (Å²) < 4.78 is 14.4. The summed E-state index contributed by atoms with van der Waals surface area (Å²) in [5.41, 5.74) is -0.935. The fourth-order valence-electron chi connectivity index (χ4n) is 3.07. The van der Waals surface area contributed by atoms with E-state index in [0.717, 1.165) is 22.8 Å². The van der Waals surface area contributed by atoms with Crippen LogP contribution in [0, 0.1) is 15.9 Å². The van der Waals surface area contributed by atoms with E-state index in [2.05, 4.69) is 9.98 Å². The number of nitrogens with zero attached hydrogens (tertiary/aromatic N) is 4. The quantitative estimate of drug-likeness (QED) is 0.315. The number of pyridine rings is 2. The van der Waals surface area contributed by atoms with Gasteiger partial charge in [-0.2, -0.15) is 0 Å². The van der Waals surface area contributed by atoms with Crippen molar-refractivity contribution in [1.29, 1.82) is 0 Å². The van der Waals surface area contributed by atoms with Crippen LogP contribution in [0.25, 0.3) is 16.6 Å². The highest BCUT2D eigenvalue weighted by Gasteiger charge is 2.18. The highest BCUT2D eigenvalue weighted by atomic mass is 19.1. The van der Waals surface area contributed by atoms with Crippen LogP contribution in [0.5, 0.6) is 5.88 Å². The second-order valence-corrected chi connectivity index (χ2v) is 6.26. The van der Waals surface area contributed by atoms with Crippen molar-refractivity contribution in [2.75, 3.05) is 0 Å². The van der Waals surface area contributed by atoms with Crippen LogP contribution in [-0.2, 0) is 0 Å². The van der Waals surface area contributed by atoms with E-state index in [9.17, 15) is 24.4 Å². The molecule has 30 heavy (non-hydrogen) atoms. The number of aromatic nitrogens is 2. The van der Waals surface area contributed by atoms with Gasteiger partial charge in [0.25, 0.3) is 11.2 Å². The topological polar surface area (TPSA) is 111 Å². The summed E-state index contributed by atoms with van der Waals surface area (Å²) in [5.74, 6) is -0.989. The summed E-state index contributed by atoms with van der Waals surface area (Å²) in [6, 6.07) is 14.4. The predicted molar refractivity (Wildman–Crippen MR) is 109 cm³/mol. The molecule has 8 nitrogen and oxygen atoms in total. The Bertz CT molecular complexity index is 1370. The van der Waals surface area contributed by atoms with E-state index in [4.69, 9.17) is 0 Å². The average Bonchev–Trinajstić information content (AvgIpc) is 2.75. The van der Waals surface area contributed by atoms with Crippen molar-refractivity contribution in [1.82, 2.24) is 9.55 Å². The van der Waals surface area contributed by atoms with Crippen LogP contribution in [0.15, 0.2) is 76.6 Å². The molecule has 0 atom stereocenters. The van der Waals surface area contributed by atoms with E-state index in [1.807, 2.05) is 0 Å². The van der Waals surface area contributed by atoms with E-state index in [1.54, 1.807) is 42.5 Å². The van der Waals surface area contributed by atoms with Gasteiger partial charge in [-0.15, -0.1) is 0 Å². The van der Waals surface area contributed by atoms with Crippen molar-refractivity contribution in [2.45, 2.75) is 0 Å². The Labute approximate surface area is 168 Å². The molecule has 0 aliphatic carbocycles. The molecule has 4 aromatic rings. The number of halogens is 1. The number of nitro groups is 1. The van der Waals surface area contributed by atoms with Gasteiger partial charge in [0.2, 0.25) is 5.88 Å². The Morgan fingerprint density at radius 1 is 1.10 bits per heavy atom. The number of benzene rings is 2. The van der Waals surface area contributed by atoms with Crippen molar-refractivity contribution in [2.24, 2.45) is 4.99 Å². The first-order valence-electron chi connectivity index (χ1n) is 8.73. The first kappa shape index (κ1) is 18.9. The van der Waals surface area contributed by atoms with E-state index in [1.165, 1.54) is 12.4 Å². The molecule has 0 aliphatic rings. The minimum Gasteiger partial charge on any atom is -0.494 e. The maximum Gasteiger partial charge on any atom is 0.297 e. The highest BCUT2D eigenvalue weighted by Crippen LogP contribution is 2.30. The fourth-order valence-corrected chi connectivity index (χ4v) is 3.07. The molecule has 0 radical (unpaired) electrons. The number of hydrogen-bond acceptors (Lipinski definition) is 6. The Morgan fingerprint density at radius 3 is 2.53 bits per heavy atom. The normalized spacial score (nSPS) is 11.2. The van der Waals surface area contributed by atoms with Crippen LogP contribution < -0.4 is 5.56 Å². The number of aliphatic imine (C=N–C) groups is 1. The number of rotatable bonds is 4. The van der Waals surface area contributed by atoms with Crippen LogP contribution >= 0.6 is 0 Å². The molecular formula is C21H13FN4O4. The molecule has 9 heteroatoms. The Morgan fingerprint density at radius 2 is 1.83 bits per heavy atom. The lowest BCUT2D eigenvalue weighted by Crippen LogP contribution is -2.20. The zero-order chi connectivity index (χ0) is 21.3. The van der Waals surface area contributed by atoms with Crippen molar-refractivity contribution in [3.63, 3.8) is 0 Å². The van der Waals surface area contributed by atoms with Gasteiger partial charge in [0.15, 0.2) is 0 Å². The lowest BCUT2D eigenvalue weighted by atomic mass is 10.1. The van der Waals surface area contributed by atoms with E-state index in [-0.39, 0.29) is 17.1 Å². The molecule has 1 N–H and O–H groups in total. The predicted octanol–water partition coefficient (Wildman–Crippen LogP) is 3.89. The third kappa shape index (κ3) is 3.28. The summed E-state index contributed by atoms with van der Waals surface area (Å²) in [6.07, 6.45) is 2.68. The summed E-state index contributed by atoms with van der Waals surface area (Å²) in [5, 5.41) is 22.8. The molecule has 0 saturated heterocycles. The standard InChI is InChI=1S/C21H13FN4O4/c22-13-8-9-17(18(11-13)26(29)30)24-12-16-14-5-1-2-6-15(14)20(27)25(21(16)28)19-7-3-4-10-23-19/h1-12,28H. The summed E-state index contributed by atoms with van der Waals surface area (Å²) >= 11 is 0. The lowest BCUT2D eigenvalue weighted by Gasteiger charge is -2.12. The molecule has 0 saturated carbocycles. The van der Waals surface area contributed by atoms with Crippen LogP contribution in [0.1, 0.15) is 5.56 Å². The zero-order valence-electron chi connectivity index (χ0n) is 15.3. The first-order chi connectivity index (χ1) is 14.5. The number of nitro benzene ring substituents is 1. The van der Waals surface area contributed by atoms with Crippen molar-refractivity contribution in [3.8, 4) is 11.7 Å². The Kier molecular flexibility index (Phi) is 4.77. The molecule has 2 aromatic heterocycles. The van der Waals surface area contributed by atoms with Crippen LogP contribution in [-0.4, -0.2) is 25.8 Å². The first-order valence-corrected chi connectivity index (χ1v) is 8.73. The smallest absolute Gasteiger partial charge is 0.297 e. The molecule has 0 amide bonds. The third-order valence-electron chi connectivity index (χ3n) is 4.45. The van der Waals surface area contributed by atoms with Gasteiger partial charge < -0.3 is 5.11 Å². The molecule has 0 aliphatic heterocycles. The largest absolute Gasteiger partial charge is 0.494 e. The van der Waals surface area contributed by atoms with Crippen molar-refractivity contribution < 1.29 is 14.4 Å². The summed E-state index contributed by atoms with van der Waals surface area (Å²) in [7, 11) is 0. The molecule has 0 fully saturated rings. The van der Waals surface area contributed by atoms with Crippen LogP contribution in [0.2, 0.25) is 0 Å². The monoisotopic (exact) mass is 404 g/mol. The van der Waals surface area contributed by atoms with Crippen molar-refractivity contribution >= 4 is 28.4 Å². The van der Waals surface area contributed by atoms with Gasteiger partial charge in [-0.25, -0.2) is 18.9 Å². The SMILES string of the molecule is O=c1c2ccccc2c(C=Nc2ccc(F)cc2[N+](=O)[O-])c(O)n1-c1ccccn1. The number of fused-ring (bicyclic) bond motifs is 1. The van der Waals surface area contributed by atoms with Gasteiger partial charge >= 0.3 is 0 Å². The minimum absolute atomic E-state index is 0.0968. The van der Waals surface area contributed by atoms with Gasteiger partial charge in [0.1, 0.15) is 17.3 Å². The fraction of sp³-hybridized carbons (Fsp3) is 0. The molecule has 2 heterocycles. The van der Waals surface area contributed by atoms with Gasteiger partial charge in [-0.1, -0.05) is 24.3 Å². The van der Waals surface area contributed by atoms with Crippen LogP contribution in [0.3, 0.4) is 0 Å². The van der Waals surface area contributed by atoms with Gasteiger partial charge in [0.05, 0.1) is 16.6 Å². The maximum absolute atomic E-state index is 13.4. The Hall–Kier alpha value is -4.40. The number of hydrogen-bond donors (Lipinski definition) is 1. The third-order valence-corrected chi connectivity index (χ3v) is 4.45. The maximum atomic E-state index is 13.4. The average molecular weight is 404 g/mol. The molecule has 0 bridgehead atoms. The van der Waals surface area contributed by atoms with Gasteiger partial charge in [-0.05, 0) is 30.3 Å². The van der Waals surface area contributed by atoms with Gasteiger partial charge in [-0.3, -0.25) is 14.9 Å². The molecule has 2 aromatic carbocycles. The molecule has 4 rings (SSSR count). The highest BCUT2D eigenvalue weighted by molar-refractivity contribution is 6.02. The molecular weight excluding hydrogens is 391 g/mol. The summed E-state index contributed by atoms with van der Waals surface area (Å²) in [4.78, 5) is 31.6.